The van der Waals surface area contributed by atoms with Crippen LogP contribution in [0.3, 0.4) is 0 Å². The molecule has 0 unspecified atom stereocenters. The molecule has 0 bridgehead atoms. The molecule has 6 heteroatoms. The number of Topliss-reactive ketones (excluding diaryl/α,β-unsaturated/α-hetero) is 1. The Kier molecular flexibility index (Phi) is 5.08. The van der Waals surface area contributed by atoms with Crippen LogP contribution in [0.1, 0.15) is 17.3 Å². The molecule has 0 aromatic heterocycles. The summed E-state index contributed by atoms with van der Waals surface area (Å²) in [5.74, 6) is 0.535. The molecule has 0 spiro atoms. The van der Waals surface area contributed by atoms with Crippen molar-refractivity contribution in [3.63, 3.8) is 0 Å². The molecule has 6 nitrogen and oxygen atoms in total. The van der Waals surface area contributed by atoms with Crippen molar-refractivity contribution in [2.24, 2.45) is 0 Å². The molecule has 0 atom stereocenters. The number of nitro benzene ring substituents is 1. The fourth-order valence-electron chi connectivity index (χ4n) is 1.92. The topological polar surface area (TPSA) is 81.5 Å². The molecule has 0 radical (unpaired) electrons. The standard InChI is InChI=1S/C16H16N2O4/c1-12(19)13-7-8-15(16(11-13)18(20)21)17-9-10-22-14-5-3-2-4-6-14/h2-8,11,17H,9-10H2,1H3. The van der Waals surface area contributed by atoms with E-state index in [1.807, 2.05) is 30.3 Å². The van der Waals surface area contributed by atoms with Crippen molar-refractivity contribution in [3.8, 4) is 5.75 Å². The molecule has 0 fully saturated rings. The van der Waals surface area contributed by atoms with Crippen LogP contribution < -0.4 is 10.1 Å². The minimum Gasteiger partial charge on any atom is -0.492 e. The predicted octanol–water partition coefficient (Wildman–Crippen LogP) is 3.29. The second-order valence-electron chi connectivity index (χ2n) is 4.63. The summed E-state index contributed by atoms with van der Waals surface area (Å²) in [6, 6.07) is 13.7. The molecule has 2 aromatic rings. The summed E-state index contributed by atoms with van der Waals surface area (Å²) in [6.45, 7) is 2.16. The maximum atomic E-state index is 11.3. The SMILES string of the molecule is CC(=O)c1ccc(NCCOc2ccccc2)c([N+](=O)[O-])c1. The number of ether oxygens (including phenoxy) is 1. The molecule has 0 aliphatic heterocycles. The van der Waals surface area contributed by atoms with Gasteiger partial charge in [-0.2, -0.15) is 0 Å². The normalized spacial score (nSPS) is 10.0. The van der Waals surface area contributed by atoms with Crippen molar-refractivity contribution in [1.82, 2.24) is 0 Å². The molecule has 0 aliphatic rings. The molecule has 0 aliphatic carbocycles. The summed E-state index contributed by atoms with van der Waals surface area (Å²) in [4.78, 5) is 21.9. The molecule has 22 heavy (non-hydrogen) atoms. The number of ketones is 1. The van der Waals surface area contributed by atoms with Crippen LogP contribution in [-0.2, 0) is 0 Å². The molecular formula is C16H16N2O4. The number of hydrogen-bond acceptors (Lipinski definition) is 5. The van der Waals surface area contributed by atoms with Gasteiger partial charge in [-0.3, -0.25) is 14.9 Å². The Balaban J connectivity index is 1.97. The number of nitrogens with zero attached hydrogens (tertiary/aromatic N) is 1. The maximum absolute atomic E-state index is 11.3. The van der Waals surface area contributed by atoms with E-state index in [-0.39, 0.29) is 11.5 Å². The highest BCUT2D eigenvalue weighted by atomic mass is 16.6. The van der Waals surface area contributed by atoms with E-state index in [4.69, 9.17) is 4.74 Å². The van der Waals surface area contributed by atoms with Crippen molar-refractivity contribution < 1.29 is 14.5 Å². The molecule has 1 N–H and O–H groups in total. The second kappa shape index (κ2) is 7.21. The third-order valence-electron chi connectivity index (χ3n) is 3.03. The highest BCUT2D eigenvalue weighted by Crippen LogP contribution is 2.25. The molecule has 0 saturated carbocycles. The number of nitrogens with one attached hydrogen (secondary N) is 1. The van der Waals surface area contributed by atoms with E-state index in [0.29, 0.717) is 24.4 Å². The van der Waals surface area contributed by atoms with Crippen LogP contribution in [0.5, 0.6) is 5.75 Å². The molecule has 2 rings (SSSR count). The maximum Gasteiger partial charge on any atom is 0.293 e. The summed E-state index contributed by atoms with van der Waals surface area (Å²) in [5, 5.41) is 14.0. The zero-order chi connectivity index (χ0) is 15.9. The highest BCUT2D eigenvalue weighted by Gasteiger charge is 2.15. The first-order chi connectivity index (χ1) is 10.6. The van der Waals surface area contributed by atoms with Gasteiger partial charge >= 0.3 is 0 Å². The zero-order valence-electron chi connectivity index (χ0n) is 12.1. The highest BCUT2D eigenvalue weighted by molar-refractivity contribution is 5.95. The summed E-state index contributed by atoms with van der Waals surface area (Å²) in [6.07, 6.45) is 0. The van der Waals surface area contributed by atoms with Gasteiger partial charge in [-0.1, -0.05) is 18.2 Å². The lowest BCUT2D eigenvalue weighted by molar-refractivity contribution is -0.384. The van der Waals surface area contributed by atoms with E-state index in [2.05, 4.69) is 5.32 Å². The second-order valence-corrected chi connectivity index (χ2v) is 4.63. The van der Waals surface area contributed by atoms with Crippen molar-refractivity contribution in [2.75, 3.05) is 18.5 Å². The Morgan fingerprint density at radius 3 is 2.59 bits per heavy atom. The monoisotopic (exact) mass is 300 g/mol. The van der Waals surface area contributed by atoms with Crippen LogP contribution in [0.4, 0.5) is 11.4 Å². The first-order valence-corrected chi connectivity index (χ1v) is 6.79. The van der Waals surface area contributed by atoms with Gasteiger partial charge in [0.25, 0.3) is 5.69 Å². The van der Waals surface area contributed by atoms with E-state index < -0.39 is 4.92 Å². The number of para-hydroxylation sites is 1. The minimum atomic E-state index is -0.507. The Morgan fingerprint density at radius 2 is 1.95 bits per heavy atom. The van der Waals surface area contributed by atoms with Gasteiger partial charge in [-0.25, -0.2) is 0 Å². The first kappa shape index (κ1) is 15.5. The molecular weight excluding hydrogens is 284 g/mol. The number of anilines is 1. The van der Waals surface area contributed by atoms with Gasteiger partial charge in [-0.15, -0.1) is 0 Å². The number of carbonyl (C=O) groups is 1. The molecule has 0 heterocycles. The summed E-state index contributed by atoms with van der Waals surface area (Å²) >= 11 is 0. The van der Waals surface area contributed by atoms with E-state index >= 15 is 0 Å². The van der Waals surface area contributed by atoms with Gasteiger partial charge in [0.2, 0.25) is 0 Å². The number of carbonyl (C=O) groups excluding carboxylic acids is 1. The number of nitro groups is 1. The first-order valence-electron chi connectivity index (χ1n) is 6.79. The number of hydrogen-bond donors (Lipinski definition) is 1. The van der Waals surface area contributed by atoms with Gasteiger partial charge in [0, 0.05) is 18.2 Å². The average Bonchev–Trinajstić information content (AvgIpc) is 2.52. The van der Waals surface area contributed by atoms with E-state index in [0.717, 1.165) is 5.75 Å². The van der Waals surface area contributed by atoms with Crippen molar-refractivity contribution in [2.45, 2.75) is 6.92 Å². The lowest BCUT2D eigenvalue weighted by atomic mass is 10.1. The third kappa shape index (κ3) is 4.05. The summed E-state index contributed by atoms with van der Waals surface area (Å²) in [5.41, 5.74) is 0.567. The molecule has 0 amide bonds. The van der Waals surface area contributed by atoms with Crippen LogP contribution in [0, 0.1) is 10.1 Å². The van der Waals surface area contributed by atoms with E-state index in [1.54, 1.807) is 6.07 Å². The number of rotatable bonds is 7. The van der Waals surface area contributed by atoms with E-state index in [1.165, 1.54) is 19.1 Å². The van der Waals surface area contributed by atoms with Crippen molar-refractivity contribution >= 4 is 17.2 Å². The van der Waals surface area contributed by atoms with Gasteiger partial charge in [-0.05, 0) is 31.2 Å². The minimum absolute atomic E-state index is 0.118. The smallest absolute Gasteiger partial charge is 0.293 e. The summed E-state index contributed by atoms with van der Waals surface area (Å²) in [7, 11) is 0. The van der Waals surface area contributed by atoms with Crippen molar-refractivity contribution in [1.29, 1.82) is 0 Å². The van der Waals surface area contributed by atoms with Crippen LogP contribution in [0.2, 0.25) is 0 Å². The third-order valence-corrected chi connectivity index (χ3v) is 3.03. The molecule has 0 saturated heterocycles. The average molecular weight is 300 g/mol. The zero-order valence-corrected chi connectivity index (χ0v) is 12.1. The van der Waals surface area contributed by atoms with Gasteiger partial charge in [0.1, 0.15) is 18.0 Å². The quantitative estimate of drug-likeness (QED) is 0.367. The lowest BCUT2D eigenvalue weighted by Crippen LogP contribution is -2.12. The Morgan fingerprint density at radius 1 is 1.23 bits per heavy atom. The fraction of sp³-hybridized carbons (Fsp3) is 0.188. The summed E-state index contributed by atoms with van der Waals surface area (Å²) < 4.78 is 5.50. The largest absolute Gasteiger partial charge is 0.492 e. The Labute approximate surface area is 127 Å². The lowest BCUT2D eigenvalue weighted by Gasteiger charge is -2.09. The molecule has 114 valence electrons. The van der Waals surface area contributed by atoms with Crippen LogP contribution in [0.15, 0.2) is 48.5 Å². The molecule has 2 aromatic carbocycles. The fourth-order valence-corrected chi connectivity index (χ4v) is 1.92. The van der Waals surface area contributed by atoms with Gasteiger partial charge in [0.05, 0.1) is 4.92 Å². The van der Waals surface area contributed by atoms with Crippen LogP contribution >= 0.6 is 0 Å². The van der Waals surface area contributed by atoms with Crippen LogP contribution in [-0.4, -0.2) is 23.9 Å². The Hall–Kier alpha value is -2.89. The Bertz CT molecular complexity index is 671. The van der Waals surface area contributed by atoms with Gasteiger partial charge in [0.15, 0.2) is 5.78 Å². The van der Waals surface area contributed by atoms with E-state index in [9.17, 15) is 14.9 Å². The van der Waals surface area contributed by atoms with Crippen molar-refractivity contribution in [3.05, 3.63) is 64.2 Å². The number of benzene rings is 2. The predicted molar refractivity (Wildman–Crippen MR) is 83.5 cm³/mol. The van der Waals surface area contributed by atoms with Gasteiger partial charge < -0.3 is 10.1 Å². The van der Waals surface area contributed by atoms with Crippen LogP contribution in [0.25, 0.3) is 0 Å².